The zero-order valence-electron chi connectivity index (χ0n) is 14.5. The van der Waals surface area contributed by atoms with Crippen LogP contribution in [0.5, 0.6) is 0 Å². The second kappa shape index (κ2) is 10.7. The quantitative estimate of drug-likeness (QED) is 0.383. The predicted octanol–water partition coefficient (Wildman–Crippen LogP) is 4.01. The van der Waals surface area contributed by atoms with Gasteiger partial charge in [0.2, 0.25) is 0 Å². The van der Waals surface area contributed by atoms with Gasteiger partial charge >= 0.3 is 0 Å². The van der Waals surface area contributed by atoms with Crippen LogP contribution in [0.25, 0.3) is 0 Å². The molecule has 2 heteroatoms. The first-order valence-corrected chi connectivity index (χ1v) is 8.38. The minimum Gasteiger partial charge on any atom is -0.331 e. The van der Waals surface area contributed by atoms with Crippen molar-refractivity contribution in [1.82, 2.24) is 4.90 Å². The molecule has 0 rings (SSSR count). The van der Waals surface area contributed by atoms with Crippen molar-refractivity contribution in [3.63, 3.8) is 0 Å². The van der Waals surface area contributed by atoms with Crippen LogP contribution in [0.4, 0.5) is 0 Å². The molecule has 0 heterocycles. The van der Waals surface area contributed by atoms with Crippen molar-refractivity contribution >= 4 is 0 Å². The maximum absolute atomic E-state index is 2.70. The summed E-state index contributed by atoms with van der Waals surface area (Å²) in [4.78, 5) is 2.70. The molecule has 0 saturated carbocycles. The number of nitrogens with zero attached hydrogens (tertiary/aromatic N) is 2. The molecule has 0 bridgehead atoms. The molecule has 0 aliphatic heterocycles. The largest absolute Gasteiger partial charge is 0.331 e. The molecule has 0 aliphatic rings. The fraction of sp³-hybridized carbons (Fsp3) is 1.00. The molecule has 2 nitrogen and oxygen atoms in total. The highest BCUT2D eigenvalue weighted by Crippen LogP contribution is 2.07. The van der Waals surface area contributed by atoms with Gasteiger partial charge < -0.3 is 9.38 Å². The first kappa shape index (κ1) is 18.9. The van der Waals surface area contributed by atoms with Gasteiger partial charge in [0.15, 0.2) is 0 Å². The van der Waals surface area contributed by atoms with Crippen LogP contribution >= 0.6 is 0 Å². The monoisotopic (exact) mass is 271 g/mol. The topological polar surface area (TPSA) is 3.24 Å². The van der Waals surface area contributed by atoms with Gasteiger partial charge in [-0.1, -0.05) is 33.6 Å². The fourth-order valence-corrected chi connectivity index (χ4v) is 2.41. The van der Waals surface area contributed by atoms with Crippen LogP contribution in [0.3, 0.4) is 0 Å². The average Bonchev–Trinajstić information content (AvgIpc) is 2.26. The molecule has 0 N–H and O–H groups in total. The van der Waals surface area contributed by atoms with Crippen LogP contribution in [0, 0.1) is 5.92 Å². The van der Waals surface area contributed by atoms with Crippen LogP contribution in [0.1, 0.15) is 59.3 Å². The van der Waals surface area contributed by atoms with E-state index in [0.717, 1.165) is 10.4 Å². The van der Waals surface area contributed by atoms with E-state index in [9.17, 15) is 0 Å². The van der Waals surface area contributed by atoms with Gasteiger partial charge in [0.25, 0.3) is 0 Å². The SMILES string of the molecule is CCCCCN(CCCC(C)C)CCC[N+](C)(C)C. The molecule has 19 heavy (non-hydrogen) atoms. The van der Waals surface area contributed by atoms with Crippen molar-refractivity contribution in [1.29, 1.82) is 0 Å². The van der Waals surface area contributed by atoms with E-state index in [2.05, 4.69) is 46.8 Å². The summed E-state index contributed by atoms with van der Waals surface area (Å²) in [7, 11) is 6.88. The van der Waals surface area contributed by atoms with Crippen LogP contribution in [0.2, 0.25) is 0 Å². The minimum atomic E-state index is 0.851. The first-order chi connectivity index (χ1) is 8.85. The van der Waals surface area contributed by atoms with Gasteiger partial charge in [0.1, 0.15) is 0 Å². The Morgan fingerprint density at radius 2 is 1.42 bits per heavy atom. The molecule has 0 aromatic heterocycles. The number of unbranched alkanes of at least 4 members (excludes halogenated alkanes) is 2. The lowest BCUT2D eigenvalue weighted by Crippen LogP contribution is -2.38. The van der Waals surface area contributed by atoms with Crippen LogP contribution < -0.4 is 0 Å². The average molecular weight is 272 g/mol. The second-order valence-electron chi connectivity index (χ2n) is 7.45. The summed E-state index contributed by atoms with van der Waals surface area (Å²) in [6.07, 6.45) is 8.17. The van der Waals surface area contributed by atoms with E-state index in [0.29, 0.717) is 0 Å². The molecule has 116 valence electrons. The summed E-state index contributed by atoms with van der Waals surface area (Å²) < 4.78 is 1.09. The van der Waals surface area contributed by atoms with Gasteiger partial charge in [-0.05, 0) is 38.3 Å². The number of hydrogen-bond donors (Lipinski definition) is 0. The maximum Gasteiger partial charge on any atom is 0.0792 e. The van der Waals surface area contributed by atoms with E-state index in [1.165, 1.54) is 64.7 Å². The minimum absolute atomic E-state index is 0.851. The zero-order chi connectivity index (χ0) is 14.7. The van der Waals surface area contributed by atoms with Crippen molar-refractivity contribution in [2.45, 2.75) is 59.3 Å². The predicted molar refractivity (Wildman–Crippen MR) is 87.6 cm³/mol. The van der Waals surface area contributed by atoms with Gasteiger partial charge in [0, 0.05) is 13.0 Å². The Morgan fingerprint density at radius 1 is 0.842 bits per heavy atom. The highest BCUT2D eigenvalue weighted by molar-refractivity contribution is 4.60. The Labute approximate surface area is 122 Å². The smallest absolute Gasteiger partial charge is 0.0792 e. The fourth-order valence-electron chi connectivity index (χ4n) is 2.41. The molecule has 0 aromatic carbocycles. The molecule has 0 saturated heterocycles. The van der Waals surface area contributed by atoms with Crippen molar-refractivity contribution in [2.75, 3.05) is 47.3 Å². The molecule has 0 aliphatic carbocycles. The molecule has 0 fully saturated rings. The number of hydrogen-bond acceptors (Lipinski definition) is 1. The summed E-state index contributed by atoms with van der Waals surface area (Å²) >= 11 is 0. The Hall–Kier alpha value is -0.0800. The molecule has 0 atom stereocenters. The Kier molecular flexibility index (Phi) is 10.6. The second-order valence-corrected chi connectivity index (χ2v) is 7.45. The van der Waals surface area contributed by atoms with Crippen molar-refractivity contribution in [3.05, 3.63) is 0 Å². The normalized spacial score (nSPS) is 12.6. The zero-order valence-corrected chi connectivity index (χ0v) is 14.5. The molecule has 0 spiro atoms. The Morgan fingerprint density at radius 3 is 1.95 bits per heavy atom. The third kappa shape index (κ3) is 14.1. The van der Waals surface area contributed by atoms with Gasteiger partial charge in [0.05, 0.1) is 27.7 Å². The lowest BCUT2D eigenvalue weighted by Gasteiger charge is -2.27. The molecule has 0 aromatic rings. The number of rotatable bonds is 12. The molecular weight excluding hydrogens is 232 g/mol. The lowest BCUT2D eigenvalue weighted by molar-refractivity contribution is -0.870. The van der Waals surface area contributed by atoms with Crippen LogP contribution in [-0.4, -0.2) is 56.7 Å². The molecule has 0 amide bonds. The standard InChI is InChI=1S/C17H39N2/c1-7-8-9-13-18(14-10-12-17(2)3)15-11-16-19(4,5)6/h17H,7-16H2,1-6H3/q+1. The number of quaternary nitrogens is 1. The summed E-state index contributed by atoms with van der Waals surface area (Å²) in [5, 5.41) is 0. The van der Waals surface area contributed by atoms with Crippen molar-refractivity contribution < 1.29 is 4.48 Å². The van der Waals surface area contributed by atoms with Gasteiger partial charge in [-0.15, -0.1) is 0 Å². The summed E-state index contributed by atoms with van der Waals surface area (Å²) in [6, 6.07) is 0. The van der Waals surface area contributed by atoms with Gasteiger partial charge in [-0.2, -0.15) is 0 Å². The first-order valence-electron chi connectivity index (χ1n) is 8.38. The van der Waals surface area contributed by atoms with Gasteiger partial charge in [-0.3, -0.25) is 0 Å². The summed E-state index contributed by atoms with van der Waals surface area (Å²) in [6.45, 7) is 12.1. The van der Waals surface area contributed by atoms with E-state index in [4.69, 9.17) is 0 Å². The molecule has 0 radical (unpaired) electrons. The Balaban J connectivity index is 3.88. The van der Waals surface area contributed by atoms with E-state index in [1.54, 1.807) is 0 Å². The highest BCUT2D eigenvalue weighted by Gasteiger charge is 2.10. The molecule has 0 unspecified atom stereocenters. The van der Waals surface area contributed by atoms with Crippen molar-refractivity contribution in [2.24, 2.45) is 5.92 Å². The van der Waals surface area contributed by atoms with E-state index in [-0.39, 0.29) is 0 Å². The van der Waals surface area contributed by atoms with E-state index < -0.39 is 0 Å². The van der Waals surface area contributed by atoms with E-state index >= 15 is 0 Å². The maximum atomic E-state index is 2.70. The van der Waals surface area contributed by atoms with Gasteiger partial charge in [-0.25, -0.2) is 0 Å². The van der Waals surface area contributed by atoms with E-state index in [1.807, 2.05) is 0 Å². The lowest BCUT2D eigenvalue weighted by atomic mass is 10.1. The Bertz CT molecular complexity index is 194. The summed E-state index contributed by atoms with van der Waals surface area (Å²) in [5.41, 5.74) is 0. The summed E-state index contributed by atoms with van der Waals surface area (Å²) in [5.74, 6) is 0.851. The third-order valence-corrected chi connectivity index (χ3v) is 3.64. The van der Waals surface area contributed by atoms with Crippen molar-refractivity contribution in [3.8, 4) is 0 Å². The van der Waals surface area contributed by atoms with Crippen LogP contribution in [-0.2, 0) is 0 Å². The van der Waals surface area contributed by atoms with Crippen LogP contribution in [0.15, 0.2) is 0 Å². The molecular formula is C17H39N2+. The highest BCUT2D eigenvalue weighted by atomic mass is 15.3. The third-order valence-electron chi connectivity index (χ3n) is 3.64.